The second-order valence-electron chi connectivity index (χ2n) is 9.97. The summed E-state index contributed by atoms with van der Waals surface area (Å²) in [7, 11) is 1.53. The van der Waals surface area contributed by atoms with Gasteiger partial charge in [-0.3, -0.25) is 4.79 Å². The number of aliphatic hydroxyl groups excluding tert-OH is 1. The van der Waals surface area contributed by atoms with Gasteiger partial charge >= 0.3 is 5.97 Å². The average Bonchev–Trinajstić information content (AvgIpc) is 3.09. The van der Waals surface area contributed by atoms with Gasteiger partial charge < -0.3 is 9.84 Å². The number of allylic oxidation sites excluding steroid dienone is 1. The number of esters is 1. The molecule has 0 bridgehead atoms. The molecule has 0 aromatic carbocycles. The molecule has 4 aliphatic rings. The van der Waals surface area contributed by atoms with E-state index in [4.69, 9.17) is 4.74 Å². The lowest BCUT2D eigenvalue weighted by Gasteiger charge is -2.47. The van der Waals surface area contributed by atoms with Crippen molar-refractivity contribution in [3.8, 4) is 0 Å². The van der Waals surface area contributed by atoms with Gasteiger partial charge in [-0.1, -0.05) is 26.3 Å². The molecule has 0 amide bonds. The van der Waals surface area contributed by atoms with Crippen LogP contribution in [-0.2, 0) is 9.53 Å². The fourth-order valence-corrected chi connectivity index (χ4v) is 7.89. The van der Waals surface area contributed by atoms with Crippen LogP contribution in [0.1, 0.15) is 66.2 Å². The number of fused-ring (bicyclic) bond motifs is 2. The first kappa shape index (κ1) is 16.6. The van der Waals surface area contributed by atoms with E-state index in [1.165, 1.54) is 25.5 Å². The highest BCUT2D eigenvalue weighted by Gasteiger charge is 2.71. The van der Waals surface area contributed by atoms with Gasteiger partial charge in [0, 0.05) is 5.41 Å². The van der Waals surface area contributed by atoms with Crippen LogP contribution in [0.25, 0.3) is 0 Å². The summed E-state index contributed by atoms with van der Waals surface area (Å²) in [6.45, 7) is 9.35. The summed E-state index contributed by atoms with van der Waals surface area (Å²) in [6.07, 6.45) is 5.98. The fourth-order valence-electron chi connectivity index (χ4n) is 7.89. The molecule has 1 spiro atoms. The molecular weight excluding hydrogens is 300 g/mol. The molecule has 1 N–H and O–H groups in total. The van der Waals surface area contributed by atoms with Gasteiger partial charge in [0.1, 0.15) is 0 Å². The molecule has 3 fully saturated rings. The van der Waals surface area contributed by atoms with E-state index in [0.29, 0.717) is 22.7 Å². The maximum atomic E-state index is 12.7. The summed E-state index contributed by atoms with van der Waals surface area (Å²) in [4.78, 5) is 12.7. The van der Waals surface area contributed by atoms with Crippen LogP contribution in [0.2, 0.25) is 0 Å². The summed E-state index contributed by atoms with van der Waals surface area (Å²) in [5.41, 5.74) is 3.10. The molecule has 3 heteroatoms. The van der Waals surface area contributed by atoms with Gasteiger partial charge in [-0.25, -0.2) is 0 Å². The van der Waals surface area contributed by atoms with Crippen molar-refractivity contribution < 1.29 is 14.6 Å². The Morgan fingerprint density at radius 1 is 1.25 bits per heavy atom. The minimum absolute atomic E-state index is 0.0109. The summed E-state index contributed by atoms with van der Waals surface area (Å²) >= 11 is 0. The number of ether oxygens (including phenoxy) is 1. The Hall–Kier alpha value is -0.830. The van der Waals surface area contributed by atoms with Gasteiger partial charge in [0.25, 0.3) is 0 Å². The number of rotatable bonds is 1. The van der Waals surface area contributed by atoms with Crippen molar-refractivity contribution in [3.63, 3.8) is 0 Å². The van der Waals surface area contributed by atoms with Crippen molar-refractivity contribution in [1.29, 1.82) is 0 Å². The number of hydrogen-bond acceptors (Lipinski definition) is 3. The zero-order chi connectivity index (χ0) is 17.5. The molecule has 0 aromatic heterocycles. The third-order valence-electron chi connectivity index (χ3n) is 8.50. The maximum Gasteiger partial charge on any atom is 0.309 e. The largest absolute Gasteiger partial charge is 0.469 e. The topological polar surface area (TPSA) is 46.5 Å². The van der Waals surface area contributed by atoms with E-state index >= 15 is 0 Å². The van der Waals surface area contributed by atoms with E-state index in [1.807, 2.05) is 0 Å². The van der Waals surface area contributed by atoms with Crippen LogP contribution in [0.4, 0.5) is 0 Å². The van der Waals surface area contributed by atoms with Gasteiger partial charge in [0.2, 0.25) is 0 Å². The number of aliphatic hydroxyl groups is 1. The van der Waals surface area contributed by atoms with E-state index in [-0.39, 0.29) is 23.4 Å². The van der Waals surface area contributed by atoms with E-state index in [1.54, 1.807) is 0 Å². The van der Waals surface area contributed by atoms with Crippen LogP contribution < -0.4 is 0 Å². The molecule has 0 saturated heterocycles. The van der Waals surface area contributed by atoms with Gasteiger partial charge in [-0.15, -0.1) is 0 Å². The summed E-state index contributed by atoms with van der Waals surface area (Å²) in [5.74, 6) is 0.969. The summed E-state index contributed by atoms with van der Waals surface area (Å²) in [6, 6.07) is 0. The summed E-state index contributed by atoms with van der Waals surface area (Å²) in [5, 5.41) is 10.8. The zero-order valence-corrected chi connectivity index (χ0v) is 15.8. The lowest BCUT2D eigenvalue weighted by atomic mass is 9.57. The third kappa shape index (κ3) is 1.80. The summed E-state index contributed by atoms with van der Waals surface area (Å²) < 4.78 is 5.23. The third-order valence-corrected chi connectivity index (χ3v) is 8.50. The van der Waals surface area contributed by atoms with Gasteiger partial charge in [0.15, 0.2) is 0 Å². The molecular formula is C21H32O3. The Morgan fingerprint density at radius 2 is 1.96 bits per heavy atom. The second kappa shape index (κ2) is 4.87. The normalized spacial score (nSPS) is 48.9. The quantitative estimate of drug-likeness (QED) is 0.581. The molecule has 134 valence electrons. The van der Waals surface area contributed by atoms with Crippen LogP contribution in [0.3, 0.4) is 0 Å². The van der Waals surface area contributed by atoms with Gasteiger partial charge in [-0.2, -0.15) is 0 Å². The monoisotopic (exact) mass is 332 g/mol. The zero-order valence-electron chi connectivity index (χ0n) is 15.8. The molecule has 3 saturated carbocycles. The minimum atomic E-state index is -0.326. The van der Waals surface area contributed by atoms with Crippen LogP contribution in [-0.4, -0.2) is 24.3 Å². The number of methoxy groups -OCH3 is 1. The van der Waals surface area contributed by atoms with Crippen LogP contribution in [0.15, 0.2) is 11.1 Å². The van der Waals surface area contributed by atoms with E-state index in [9.17, 15) is 9.90 Å². The van der Waals surface area contributed by atoms with Gasteiger partial charge in [-0.05, 0) is 73.7 Å². The van der Waals surface area contributed by atoms with Crippen LogP contribution in [0, 0.1) is 34.0 Å². The van der Waals surface area contributed by atoms with Crippen molar-refractivity contribution in [2.24, 2.45) is 34.0 Å². The van der Waals surface area contributed by atoms with Gasteiger partial charge in [0.05, 0.1) is 19.1 Å². The molecule has 0 radical (unpaired) electrons. The Labute approximate surface area is 145 Å². The molecule has 0 aliphatic heterocycles. The molecule has 6 atom stereocenters. The standard InChI is InChI=1S/C21H32O3/c1-12-13-6-7-14(18(23)24-5)21(13)11-20(4)9-8-19(2,3)17(20)15(21)10-16(12)22/h14-17,22H,6-11H2,1-5H3/t14-,15+,16-,17-,20-,21+/m1/s1. The molecule has 4 rings (SSSR count). The highest BCUT2D eigenvalue weighted by atomic mass is 16.5. The Bertz CT molecular complexity index is 619. The predicted octanol–water partition coefficient (Wildman–Crippen LogP) is 4.10. The SMILES string of the molecule is COC(=O)[C@H]1CCC2=C(C)[C@H](O)C[C@H]3[C@@H]4C(C)(C)CC[C@]4(C)C[C@]213. The maximum absolute atomic E-state index is 12.7. The second-order valence-corrected chi connectivity index (χ2v) is 9.97. The van der Waals surface area contributed by atoms with Crippen molar-refractivity contribution >= 4 is 5.97 Å². The Kier molecular flexibility index (Phi) is 3.37. The number of carbonyl (C=O) groups is 1. The first-order valence-corrected chi connectivity index (χ1v) is 9.63. The fraction of sp³-hybridized carbons (Fsp3) is 0.857. The van der Waals surface area contributed by atoms with Crippen molar-refractivity contribution in [1.82, 2.24) is 0 Å². The van der Waals surface area contributed by atoms with E-state index < -0.39 is 0 Å². The number of hydrogen-bond donors (Lipinski definition) is 1. The van der Waals surface area contributed by atoms with Crippen molar-refractivity contribution in [2.45, 2.75) is 72.3 Å². The molecule has 24 heavy (non-hydrogen) atoms. The molecule has 0 aromatic rings. The van der Waals surface area contributed by atoms with Crippen LogP contribution >= 0.6 is 0 Å². The van der Waals surface area contributed by atoms with Crippen molar-refractivity contribution in [3.05, 3.63) is 11.1 Å². The predicted molar refractivity (Wildman–Crippen MR) is 93.2 cm³/mol. The van der Waals surface area contributed by atoms with E-state index in [0.717, 1.165) is 31.3 Å². The van der Waals surface area contributed by atoms with Crippen LogP contribution in [0.5, 0.6) is 0 Å². The average molecular weight is 332 g/mol. The molecule has 0 heterocycles. The first-order valence-electron chi connectivity index (χ1n) is 9.63. The highest BCUT2D eigenvalue weighted by molar-refractivity contribution is 5.75. The lowest BCUT2D eigenvalue weighted by Crippen LogP contribution is -2.45. The molecule has 3 nitrogen and oxygen atoms in total. The molecule has 0 unspecified atom stereocenters. The highest BCUT2D eigenvalue weighted by Crippen LogP contribution is 2.77. The number of carbonyl (C=O) groups excluding carboxylic acids is 1. The lowest BCUT2D eigenvalue weighted by molar-refractivity contribution is -0.150. The minimum Gasteiger partial charge on any atom is -0.469 e. The van der Waals surface area contributed by atoms with Crippen molar-refractivity contribution in [2.75, 3.05) is 7.11 Å². The Balaban J connectivity index is 1.90. The Morgan fingerprint density at radius 3 is 2.62 bits per heavy atom. The smallest absolute Gasteiger partial charge is 0.309 e. The molecule has 4 aliphatic carbocycles. The first-order chi connectivity index (χ1) is 11.2. The van der Waals surface area contributed by atoms with E-state index in [2.05, 4.69) is 27.7 Å².